The molecular weight excluding hydrogens is 229 g/mol. The smallest absolute Gasteiger partial charge is 0.146 e. The van der Waals surface area contributed by atoms with Crippen LogP contribution in [0, 0.1) is 5.82 Å². The normalized spacial score (nSPS) is 19.8. The fraction of sp³-hybridized carbons (Fsp3) is 0.571. The molecule has 2 N–H and O–H groups in total. The van der Waals surface area contributed by atoms with Gasteiger partial charge in [-0.25, -0.2) is 4.39 Å². The Kier molecular flexibility index (Phi) is 4.19. The number of anilines is 1. The third kappa shape index (κ3) is 2.65. The second kappa shape index (κ2) is 5.67. The van der Waals surface area contributed by atoms with Gasteiger partial charge in [0.15, 0.2) is 0 Å². The Hall–Kier alpha value is -1.13. The molecule has 2 rings (SSSR count). The molecule has 18 heavy (non-hydrogen) atoms. The monoisotopic (exact) mass is 251 g/mol. The summed E-state index contributed by atoms with van der Waals surface area (Å²) in [5.41, 5.74) is 7.35. The van der Waals surface area contributed by atoms with Gasteiger partial charge < -0.3 is 15.5 Å². The number of hydrogen-bond donors (Lipinski definition) is 1. The Morgan fingerprint density at radius 1 is 1.44 bits per heavy atom. The lowest BCUT2D eigenvalue weighted by molar-refractivity contribution is 0.371. The molecule has 0 bridgehead atoms. The highest BCUT2D eigenvalue weighted by Gasteiger charge is 2.28. The molecule has 1 atom stereocenters. The number of halogens is 1. The highest BCUT2D eigenvalue weighted by molar-refractivity contribution is 5.56. The molecule has 0 amide bonds. The van der Waals surface area contributed by atoms with Gasteiger partial charge >= 0.3 is 0 Å². The first-order chi connectivity index (χ1) is 8.63. The van der Waals surface area contributed by atoms with Gasteiger partial charge in [0.25, 0.3) is 0 Å². The van der Waals surface area contributed by atoms with Crippen LogP contribution in [0.5, 0.6) is 0 Å². The maximum Gasteiger partial charge on any atom is 0.146 e. The molecule has 100 valence electrons. The van der Waals surface area contributed by atoms with Crippen molar-refractivity contribution in [3.63, 3.8) is 0 Å². The molecule has 1 aliphatic heterocycles. The van der Waals surface area contributed by atoms with Gasteiger partial charge in [0.1, 0.15) is 5.82 Å². The molecule has 1 aromatic carbocycles. The number of hydrogen-bond acceptors (Lipinski definition) is 3. The van der Waals surface area contributed by atoms with E-state index in [1.807, 2.05) is 6.07 Å². The lowest BCUT2D eigenvalue weighted by atomic mass is 10.1. The Morgan fingerprint density at radius 2 is 2.22 bits per heavy atom. The fourth-order valence-electron chi connectivity index (χ4n) is 2.79. The number of likely N-dealkylation sites (N-methyl/N-ethyl adjacent to an activating group) is 1. The first-order valence-electron chi connectivity index (χ1n) is 6.52. The topological polar surface area (TPSA) is 32.5 Å². The molecule has 0 aliphatic carbocycles. The minimum Gasteiger partial charge on any atom is -0.365 e. The summed E-state index contributed by atoms with van der Waals surface area (Å²) in [5, 5.41) is 0. The van der Waals surface area contributed by atoms with Gasteiger partial charge in [-0.15, -0.1) is 0 Å². The molecule has 1 aromatic rings. The van der Waals surface area contributed by atoms with Gasteiger partial charge in [0.05, 0.1) is 5.69 Å². The van der Waals surface area contributed by atoms with Crippen molar-refractivity contribution in [3.05, 3.63) is 29.6 Å². The van der Waals surface area contributed by atoms with Gasteiger partial charge in [0.2, 0.25) is 0 Å². The largest absolute Gasteiger partial charge is 0.365 e. The van der Waals surface area contributed by atoms with Crippen LogP contribution in [0.2, 0.25) is 0 Å². The first kappa shape index (κ1) is 13.3. The Balaban J connectivity index is 2.29. The van der Waals surface area contributed by atoms with Gasteiger partial charge in [0, 0.05) is 25.7 Å². The molecule has 0 saturated carbocycles. The van der Waals surface area contributed by atoms with Crippen LogP contribution >= 0.6 is 0 Å². The molecule has 1 heterocycles. The van der Waals surface area contributed by atoms with E-state index in [0.717, 1.165) is 31.5 Å². The van der Waals surface area contributed by atoms with Crippen molar-refractivity contribution in [1.29, 1.82) is 0 Å². The van der Waals surface area contributed by atoms with Crippen LogP contribution in [-0.2, 0) is 6.54 Å². The number of nitrogens with two attached hydrogens (primary N) is 1. The van der Waals surface area contributed by atoms with Gasteiger partial charge in [-0.05, 0) is 38.6 Å². The minimum atomic E-state index is -0.149. The molecule has 0 aromatic heterocycles. The quantitative estimate of drug-likeness (QED) is 0.886. The summed E-state index contributed by atoms with van der Waals surface area (Å²) in [7, 11) is 4.11. The maximum absolute atomic E-state index is 14.1. The second-order valence-corrected chi connectivity index (χ2v) is 5.20. The summed E-state index contributed by atoms with van der Waals surface area (Å²) in [6.07, 6.45) is 2.24. The summed E-state index contributed by atoms with van der Waals surface area (Å²) in [6, 6.07) is 5.57. The van der Waals surface area contributed by atoms with E-state index >= 15 is 0 Å². The SMILES string of the molecule is CN(C)CC1CCCN1c1c(F)cccc1CN. The van der Waals surface area contributed by atoms with Crippen LogP contribution in [0.3, 0.4) is 0 Å². The van der Waals surface area contributed by atoms with Crippen molar-refractivity contribution in [2.45, 2.75) is 25.4 Å². The first-order valence-corrected chi connectivity index (χ1v) is 6.52. The van der Waals surface area contributed by atoms with E-state index in [1.54, 1.807) is 6.07 Å². The van der Waals surface area contributed by atoms with Crippen molar-refractivity contribution in [2.75, 3.05) is 32.1 Å². The average molecular weight is 251 g/mol. The molecule has 1 aliphatic rings. The zero-order valence-corrected chi connectivity index (χ0v) is 11.2. The van der Waals surface area contributed by atoms with Crippen LogP contribution in [0.1, 0.15) is 18.4 Å². The highest BCUT2D eigenvalue weighted by Crippen LogP contribution is 2.31. The fourth-order valence-corrected chi connectivity index (χ4v) is 2.79. The van der Waals surface area contributed by atoms with Crippen LogP contribution in [-0.4, -0.2) is 38.1 Å². The van der Waals surface area contributed by atoms with Crippen LogP contribution < -0.4 is 10.6 Å². The van der Waals surface area contributed by atoms with Gasteiger partial charge in [-0.1, -0.05) is 12.1 Å². The van der Waals surface area contributed by atoms with E-state index in [4.69, 9.17) is 5.73 Å². The zero-order valence-electron chi connectivity index (χ0n) is 11.2. The molecule has 1 saturated heterocycles. The summed E-state index contributed by atoms with van der Waals surface area (Å²) in [6.45, 7) is 2.27. The average Bonchev–Trinajstić information content (AvgIpc) is 2.75. The Labute approximate surface area is 108 Å². The third-order valence-electron chi connectivity index (χ3n) is 3.53. The lowest BCUT2D eigenvalue weighted by Gasteiger charge is -2.30. The van der Waals surface area contributed by atoms with Gasteiger partial charge in [-0.3, -0.25) is 0 Å². The zero-order chi connectivity index (χ0) is 13.1. The molecule has 1 unspecified atom stereocenters. The highest BCUT2D eigenvalue weighted by atomic mass is 19.1. The van der Waals surface area contributed by atoms with Crippen LogP contribution in [0.15, 0.2) is 18.2 Å². The van der Waals surface area contributed by atoms with Crippen molar-refractivity contribution in [2.24, 2.45) is 5.73 Å². The van der Waals surface area contributed by atoms with Crippen molar-refractivity contribution in [3.8, 4) is 0 Å². The number of nitrogens with zero attached hydrogens (tertiary/aromatic N) is 2. The maximum atomic E-state index is 14.1. The Bertz CT molecular complexity index is 406. The molecule has 4 heteroatoms. The number of benzene rings is 1. The van der Waals surface area contributed by atoms with Crippen molar-refractivity contribution >= 4 is 5.69 Å². The molecule has 1 fully saturated rings. The van der Waals surface area contributed by atoms with Crippen molar-refractivity contribution in [1.82, 2.24) is 4.90 Å². The third-order valence-corrected chi connectivity index (χ3v) is 3.53. The van der Waals surface area contributed by atoms with Crippen LogP contribution in [0.4, 0.5) is 10.1 Å². The lowest BCUT2D eigenvalue weighted by Crippen LogP contribution is -2.38. The predicted octanol–water partition coefficient (Wildman–Crippen LogP) is 1.81. The summed E-state index contributed by atoms with van der Waals surface area (Å²) >= 11 is 0. The number of rotatable bonds is 4. The Morgan fingerprint density at radius 3 is 2.89 bits per heavy atom. The van der Waals surface area contributed by atoms with E-state index in [-0.39, 0.29) is 5.82 Å². The molecule has 0 radical (unpaired) electrons. The van der Waals surface area contributed by atoms with E-state index in [2.05, 4.69) is 23.9 Å². The summed E-state index contributed by atoms with van der Waals surface area (Å²) in [4.78, 5) is 4.35. The van der Waals surface area contributed by atoms with Crippen LogP contribution in [0.25, 0.3) is 0 Å². The van der Waals surface area contributed by atoms with Crippen molar-refractivity contribution < 1.29 is 4.39 Å². The molecular formula is C14H22FN3. The molecule has 3 nitrogen and oxygen atoms in total. The number of para-hydroxylation sites is 1. The standard InChI is InChI=1S/C14H22FN3/c1-17(2)10-12-6-4-8-18(12)14-11(9-16)5-3-7-13(14)15/h3,5,7,12H,4,6,8-10,16H2,1-2H3. The predicted molar refractivity (Wildman–Crippen MR) is 73.2 cm³/mol. The van der Waals surface area contributed by atoms with E-state index in [1.165, 1.54) is 6.07 Å². The van der Waals surface area contributed by atoms with E-state index in [0.29, 0.717) is 18.3 Å². The van der Waals surface area contributed by atoms with E-state index < -0.39 is 0 Å². The summed E-state index contributed by atoms with van der Waals surface area (Å²) < 4.78 is 14.1. The van der Waals surface area contributed by atoms with Gasteiger partial charge in [-0.2, -0.15) is 0 Å². The molecule has 0 spiro atoms. The van der Waals surface area contributed by atoms with E-state index in [9.17, 15) is 4.39 Å². The summed E-state index contributed by atoms with van der Waals surface area (Å²) in [5.74, 6) is -0.149. The minimum absolute atomic E-state index is 0.149. The second-order valence-electron chi connectivity index (χ2n) is 5.20.